The molecule has 20 heavy (non-hydrogen) atoms. The zero-order chi connectivity index (χ0) is 14.4. The van der Waals surface area contributed by atoms with Crippen molar-refractivity contribution in [2.75, 3.05) is 18.5 Å². The van der Waals surface area contributed by atoms with Crippen LogP contribution in [0.15, 0.2) is 24.3 Å². The van der Waals surface area contributed by atoms with E-state index in [9.17, 15) is 4.79 Å². The predicted octanol–water partition coefficient (Wildman–Crippen LogP) is 2.34. The molecular weight excluding hydrogens is 256 g/mol. The van der Waals surface area contributed by atoms with Crippen molar-refractivity contribution in [2.45, 2.75) is 25.9 Å². The molecule has 1 aliphatic rings. The summed E-state index contributed by atoms with van der Waals surface area (Å²) in [5.74, 6) is 0.453. The summed E-state index contributed by atoms with van der Waals surface area (Å²) in [6.45, 7) is 2.65. The molecule has 0 spiro atoms. The molecule has 5 heteroatoms. The molecule has 0 aliphatic carbocycles. The Morgan fingerprint density at radius 3 is 3.20 bits per heavy atom. The van der Waals surface area contributed by atoms with E-state index in [1.165, 1.54) is 0 Å². The monoisotopic (exact) mass is 274 g/mol. The van der Waals surface area contributed by atoms with Crippen molar-refractivity contribution in [3.63, 3.8) is 0 Å². The van der Waals surface area contributed by atoms with Crippen molar-refractivity contribution in [2.24, 2.45) is 5.92 Å². The minimum atomic E-state index is -0.0938. The average molecular weight is 274 g/mol. The van der Waals surface area contributed by atoms with E-state index in [-0.39, 0.29) is 24.5 Å². The Bertz CT molecular complexity index is 510. The number of hydrogen-bond donors (Lipinski definition) is 1. The van der Waals surface area contributed by atoms with Gasteiger partial charge in [0.1, 0.15) is 11.8 Å². The molecule has 1 saturated heterocycles. The van der Waals surface area contributed by atoms with E-state index < -0.39 is 0 Å². The first-order valence-corrected chi connectivity index (χ1v) is 6.77. The van der Waals surface area contributed by atoms with E-state index in [4.69, 9.17) is 14.7 Å². The predicted molar refractivity (Wildman–Crippen MR) is 74.3 cm³/mol. The van der Waals surface area contributed by atoms with Gasteiger partial charge in [-0.3, -0.25) is 4.79 Å². The summed E-state index contributed by atoms with van der Waals surface area (Å²) in [5.41, 5.74) is 0.673. The Balaban J connectivity index is 1.99. The number of carbonyl (C=O) groups excluding carboxylic acids is 1. The Morgan fingerprint density at radius 1 is 1.60 bits per heavy atom. The summed E-state index contributed by atoms with van der Waals surface area (Å²) in [4.78, 5) is 12.2. The molecule has 1 aliphatic heterocycles. The second-order valence-corrected chi connectivity index (χ2v) is 4.68. The average Bonchev–Trinajstić information content (AvgIpc) is 2.94. The van der Waals surface area contributed by atoms with Crippen LogP contribution in [0, 0.1) is 17.2 Å². The van der Waals surface area contributed by atoms with Gasteiger partial charge in [-0.25, -0.2) is 0 Å². The zero-order valence-corrected chi connectivity index (χ0v) is 11.5. The number of hydrogen-bond acceptors (Lipinski definition) is 4. The maximum atomic E-state index is 12.2. The Hall–Kier alpha value is -2.06. The Labute approximate surface area is 118 Å². The van der Waals surface area contributed by atoms with Crippen molar-refractivity contribution in [3.8, 4) is 11.8 Å². The van der Waals surface area contributed by atoms with Crippen molar-refractivity contribution in [1.82, 2.24) is 0 Å². The number of nitrogens with one attached hydrogen (secondary N) is 1. The third kappa shape index (κ3) is 3.49. The van der Waals surface area contributed by atoms with Crippen LogP contribution in [-0.4, -0.2) is 25.2 Å². The fourth-order valence-electron chi connectivity index (χ4n) is 2.36. The SMILES string of the molecule is CCC1OCCC1C(=O)Nc1cccc(OCC#N)c1. The highest BCUT2D eigenvalue weighted by Gasteiger charge is 2.32. The van der Waals surface area contributed by atoms with E-state index in [2.05, 4.69) is 5.32 Å². The first kappa shape index (κ1) is 14.4. The molecule has 2 unspecified atom stereocenters. The quantitative estimate of drug-likeness (QED) is 0.894. The minimum Gasteiger partial charge on any atom is -0.479 e. The van der Waals surface area contributed by atoms with Crippen LogP contribution in [0.4, 0.5) is 5.69 Å². The molecular formula is C15H18N2O3. The van der Waals surface area contributed by atoms with Crippen LogP contribution >= 0.6 is 0 Å². The standard InChI is InChI=1S/C15H18N2O3/c1-2-14-13(6-8-20-14)15(18)17-11-4-3-5-12(10-11)19-9-7-16/h3-5,10,13-14H,2,6,8-9H2,1H3,(H,17,18). The number of benzene rings is 1. The Morgan fingerprint density at radius 2 is 2.45 bits per heavy atom. The molecule has 5 nitrogen and oxygen atoms in total. The summed E-state index contributed by atoms with van der Waals surface area (Å²) in [5, 5.41) is 11.4. The smallest absolute Gasteiger partial charge is 0.230 e. The maximum Gasteiger partial charge on any atom is 0.230 e. The number of carbonyl (C=O) groups is 1. The van der Waals surface area contributed by atoms with Crippen LogP contribution in [0.2, 0.25) is 0 Å². The lowest BCUT2D eigenvalue weighted by Gasteiger charge is -2.16. The van der Waals surface area contributed by atoms with Gasteiger partial charge in [-0.15, -0.1) is 0 Å². The lowest BCUT2D eigenvalue weighted by molar-refractivity contribution is -0.121. The zero-order valence-electron chi connectivity index (χ0n) is 11.5. The van der Waals surface area contributed by atoms with E-state index in [1.807, 2.05) is 13.0 Å². The largest absolute Gasteiger partial charge is 0.479 e. The number of nitrogens with zero attached hydrogens (tertiary/aromatic N) is 1. The molecule has 2 atom stereocenters. The highest BCUT2D eigenvalue weighted by Crippen LogP contribution is 2.25. The van der Waals surface area contributed by atoms with Gasteiger partial charge in [0.15, 0.2) is 6.61 Å². The molecule has 0 radical (unpaired) electrons. The van der Waals surface area contributed by atoms with Crippen LogP contribution in [0.1, 0.15) is 19.8 Å². The van der Waals surface area contributed by atoms with E-state index in [1.54, 1.807) is 24.3 Å². The number of nitriles is 1. The van der Waals surface area contributed by atoms with Gasteiger partial charge in [-0.1, -0.05) is 13.0 Å². The number of rotatable bonds is 5. The van der Waals surface area contributed by atoms with Crippen LogP contribution in [-0.2, 0) is 9.53 Å². The molecule has 1 N–H and O–H groups in total. The first-order valence-electron chi connectivity index (χ1n) is 6.77. The fraction of sp³-hybridized carbons (Fsp3) is 0.467. The van der Waals surface area contributed by atoms with Gasteiger partial charge in [0.05, 0.1) is 12.0 Å². The summed E-state index contributed by atoms with van der Waals surface area (Å²) < 4.78 is 10.7. The number of amides is 1. The van der Waals surface area contributed by atoms with Crippen LogP contribution in [0.3, 0.4) is 0 Å². The molecule has 2 rings (SSSR count). The molecule has 1 amide bonds. The molecule has 1 heterocycles. The lowest BCUT2D eigenvalue weighted by Crippen LogP contribution is -2.29. The van der Waals surface area contributed by atoms with Crippen LogP contribution in [0.25, 0.3) is 0 Å². The maximum absolute atomic E-state index is 12.2. The van der Waals surface area contributed by atoms with Crippen molar-refractivity contribution >= 4 is 11.6 Å². The van der Waals surface area contributed by atoms with Gasteiger partial charge in [0.2, 0.25) is 5.91 Å². The van der Waals surface area contributed by atoms with Gasteiger partial charge in [-0.05, 0) is 25.0 Å². The van der Waals surface area contributed by atoms with Crippen molar-refractivity contribution in [1.29, 1.82) is 5.26 Å². The topological polar surface area (TPSA) is 71.3 Å². The molecule has 1 aromatic rings. The highest BCUT2D eigenvalue weighted by atomic mass is 16.5. The fourth-order valence-corrected chi connectivity index (χ4v) is 2.36. The molecule has 0 bridgehead atoms. The lowest BCUT2D eigenvalue weighted by atomic mass is 9.98. The van der Waals surface area contributed by atoms with Crippen LogP contribution in [0.5, 0.6) is 5.75 Å². The summed E-state index contributed by atoms with van der Waals surface area (Å²) in [7, 11) is 0. The molecule has 0 aromatic heterocycles. The third-order valence-corrected chi connectivity index (χ3v) is 3.35. The van der Waals surface area contributed by atoms with Gasteiger partial charge >= 0.3 is 0 Å². The second-order valence-electron chi connectivity index (χ2n) is 4.68. The molecule has 1 aromatic carbocycles. The van der Waals surface area contributed by atoms with Gasteiger partial charge in [0, 0.05) is 18.4 Å². The summed E-state index contributed by atoms with van der Waals surface area (Å²) in [6, 6.07) is 8.96. The van der Waals surface area contributed by atoms with E-state index >= 15 is 0 Å². The molecule has 1 fully saturated rings. The minimum absolute atomic E-state index is 0.00743. The number of ether oxygens (including phenoxy) is 2. The van der Waals surface area contributed by atoms with Crippen molar-refractivity contribution < 1.29 is 14.3 Å². The van der Waals surface area contributed by atoms with E-state index in [0.29, 0.717) is 18.0 Å². The Kier molecular flexibility index (Phi) is 4.97. The third-order valence-electron chi connectivity index (χ3n) is 3.35. The summed E-state index contributed by atoms with van der Waals surface area (Å²) in [6.07, 6.45) is 1.60. The highest BCUT2D eigenvalue weighted by molar-refractivity contribution is 5.93. The van der Waals surface area contributed by atoms with Crippen LogP contribution < -0.4 is 10.1 Å². The molecule has 0 saturated carbocycles. The first-order chi connectivity index (χ1) is 9.74. The van der Waals surface area contributed by atoms with Gasteiger partial charge in [-0.2, -0.15) is 5.26 Å². The molecule has 106 valence electrons. The van der Waals surface area contributed by atoms with Gasteiger partial charge < -0.3 is 14.8 Å². The normalized spacial score (nSPS) is 21.2. The second kappa shape index (κ2) is 6.92. The van der Waals surface area contributed by atoms with E-state index in [0.717, 1.165) is 12.8 Å². The van der Waals surface area contributed by atoms with Gasteiger partial charge in [0.25, 0.3) is 0 Å². The summed E-state index contributed by atoms with van der Waals surface area (Å²) >= 11 is 0. The van der Waals surface area contributed by atoms with Crippen molar-refractivity contribution in [3.05, 3.63) is 24.3 Å². The number of anilines is 1.